The summed E-state index contributed by atoms with van der Waals surface area (Å²) in [6, 6.07) is 8.86. The van der Waals surface area contributed by atoms with Gasteiger partial charge in [0.25, 0.3) is 0 Å². The summed E-state index contributed by atoms with van der Waals surface area (Å²) in [5, 5.41) is 11.1. The third-order valence-electron chi connectivity index (χ3n) is 8.82. The Labute approximate surface area is 239 Å². The zero-order valence-corrected chi connectivity index (χ0v) is 25.4. The van der Waals surface area contributed by atoms with Gasteiger partial charge in [-0.15, -0.1) is 13.2 Å². The number of nitrogens with zero attached hydrogens (tertiary/aromatic N) is 4. The largest absolute Gasteiger partial charge is 0.392 e. The molecular weight excluding hydrogens is 504 g/mol. The molecule has 2 fully saturated rings. The molecule has 1 aromatic heterocycles. The molecule has 1 spiro atoms. The number of aliphatic hydroxyl groups excluding tert-OH is 1. The number of rotatable bonds is 5. The number of allylic oxidation sites excluding steroid dienone is 3. The summed E-state index contributed by atoms with van der Waals surface area (Å²) in [5.41, 5.74) is 6.09. The summed E-state index contributed by atoms with van der Waals surface area (Å²) in [4.78, 5) is 17.6. The van der Waals surface area contributed by atoms with E-state index < -0.39 is 0 Å². The third-order valence-corrected chi connectivity index (χ3v) is 9.70. The summed E-state index contributed by atoms with van der Waals surface area (Å²) in [6.45, 7) is 16.0. The van der Waals surface area contributed by atoms with E-state index in [9.17, 15) is 9.90 Å². The molecule has 1 aromatic carbocycles. The second-order valence-electron chi connectivity index (χ2n) is 10.7. The molecule has 212 valence electrons. The number of imidazole rings is 1. The van der Waals surface area contributed by atoms with Crippen molar-refractivity contribution in [1.82, 2.24) is 18.8 Å². The van der Waals surface area contributed by atoms with Crippen molar-refractivity contribution >= 4 is 17.9 Å². The van der Waals surface area contributed by atoms with Crippen molar-refractivity contribution in [3.05, 3.63) is 78.9 Å². The maximum absolute atomic E-state index is 11.6. The summed E-state index contributed by atoms with van der Waals surface area (Å²) in [6.07, 6.45) is 13.6. The van der Waals surface area contributed by atoms with Crippen LogP contribution < -0.4 is 0 Å². The predicted octanol–water partition coefficient (Wildman–Crippen LogP) is 6.72. The molecule has 1 amide bonds. The van der Waals surface area contributed by atoms with Gasteiger partial charge in [0.15, 0.2) is 0 Å². The predicted molar refractivity (Wildman–Crippen MR) is 164 cm³/mol. The molecule has 39 heavy (non-hydrogen) atoms. The van der Waals surface area contributed by atoms with Gasteiger partial charge in [-0.05, 0) is 64.2 Å². The smallest absolute Gasteiger partial charge is 0.230 e. The average molecular weight is 551 g/mol. The van der Waals surface area contributed by atoms with Crippen molar-refractivity contribution in [2.75, 3.05) is 26.4 Å². The fourth-order valence-corrected chi connectivity index (χ4v) is 6.60. The number of hydrogen-bond acceptors (Lipinski definition) is 5. The molecular formula is C32H46N4O2S. The summed E-state index contributed by atoms with van der Waals surface area (Å²) in [7, 11) is 1.81. The number of aromatic nitrogens is 2. The summed E-state index contributed by atoms with van der Waals surface area (Å²) >= 11 is 1.83. The Morgan fingerprint density at radius 3 is 2.46 bits per heavy atom. The number of hydrogen-bond donors (Lipinski definition) is 1. The second kappa shape index (κ2) is 13.6. The molecule has 6 nitrogen and oxygen atoms in total. The molecule has 7 heteroatoms. The van der Waals surface area contributed by atoms with Crippen LogP contribution in [0.2, 0.25) is 0 Å². The van der Waals surface area contributed by atoms with Gasteiger partial charge in [-0.3, -0.25) is 9.10 Å². The highest BCUT2D eigenvalue weighted by Gasteiger charge is 2.57. The first-order chi connectivity index (χ1) is 18.8. The number of piperidine rings is 1. The van der Waals surface area contributed by atoms with Crippen LogP contribution in [0.15, 0.2) is 73.4 Å². The molecule has 3 heterocycles. The topological polar surface area (TPSA) is 61.6 Å². The number of fused-ring (bicyclic) bond motifs is 3. The van der Waals surface area contributed by atoms with E-state index in [1.807, 2.05) is 64.3 Å². The minimum absolute atomic E-state index is 0.145. The molecule has 0 radical (unpaired) electrons. The standard InChI is InChI=1S/C19H23N3OS.C11H19NO.C2H4/c1-24-21-8-6-19(7-9-21)10-15(18(19)23)17-14-5-3-2-4-13(14)16-11-20-12-22(16)17;1-6-9(3)8-11(13)12(5)10(4)7-2;1-2/h2-5,11-12,15,17-18,23H,6-10H2,1H3;6-7H,8H2,1-5H3;1-2H2/b;9-6+,10-7+;. The fraction of sp³-hybridized carbons (Fsp3) is 0.500. The second-order valence-corrected chi connectivity index (χ2v) is 11.6. The number of carbonyl (C=O) groups is 1. The van der Waals surface area contributed by atoms with Crippen molar-refractivity contribution in [2.24, 2.45) is 11.3 Å². The molecule has 3 unspecified atom stereocenters. The fourth-order valence-electron chi connectivity index (χ4n) is 6.05. The van der Waals surface area contributed by atoms with Gasteiger partial charge in [-0.1, -0.05) is 53.9 Å². The van der Waals surface area contributed by atoms with Gasteiger partial charge in [-0.25, -0.2) is 4.98 Å². The first-order valence-electron chi connectivity index (χ1n) is 13.9. The molecule has 1 aliphatic carbocycles. The SMILES string of the molecule is C/C=C(\C)CC(=O)N(C)/C(C)=C/C.C=C.CSN1CCC2(CC1)CC(C1c3ccccc3-c3cncn31)C2O. The maximum Gasteiger partial charge on any atom is 0.230 e. The van der Waals surface area contributed by atoms with Crippen LogP contribution in [-0.2, 0) is 4.79 Å². The van der Waals surface area contributed by atoms with E-state index in [0.717, 1.165) is 43.6 Å². The Morgan fingerprint density at radius 1 is 1.21 bits per heavy atom. The highest BCUT2D eigenvalue weighted by atomic mass is 32.2. The van der Waals surface area contributed by atoms with Crippen molar-refractivity contribution in [3.8, 4) is 11.3 Å². The van der Waals surface area contributed by atoms with Crippen LogP contribution >= 0.6 is 11.9 Å². The lowest BCUT2D eigenvalue weighted by atomic mass is 9.53. The normalized spacial score (nSPS) is 23.4. The molecule has 3 atom stereocenters. The van der Waals surface area contributed by atoms with Crippen LogP contribution in [0, 0.1) is 11.3 Å². The van der Waals surface area contributed by atoms with Crippen molar-refractivity contribution in [2.45, 2.75) is 65.5 Å². The van der Waals surface area contributed by atoms with Gasteiger partial charge in [0.05, 0.1) is 30.4 Å². The van der Waals surface area contributed by atoms with Gasteiger partial charge < -0.3 is 14.6 Å². The van der Waals surface area contributed by atoms with Crippen LogP contribution in [0.3, 0.4) is 0 Å². The molecule has 1 saturated carbocycles. The Balaban J connectivity index is 0.000000241. The van der Waals surface area contributed by atoms with E-state index in [1.165, 1.54) is 16.8 Å². The number of benzene rings is 1. The molecule has 2 aromatic rings. The maximum atomic E-state index is 11.6. The van der Waals surface area contributed by atoms with Gasteiger partial charge in [-0.2, -0.15) is 0 Å². The average Bonchev–Trinajstić information content (AvgIpc) is 3.58. The Morgan fingerprint density at radius 2 is 1.87 bits per heavy atom. The van der Waals surface area contributed by atoms with Crippen molar-refractivity contribution < 1.29 is 9.90 Å². The van der Waals surface area contributed by atoms with Crippen LogP contribution in [-0.4, -0.2) is 62.3 Å². The first-order valence-corrected chi connectivity index (χ1v) is 15.0. The lowest BCUT2D eigenvalue weighted by Crippen LogP contribution is -2.58. The zero-order valence-electron chi connectivity index (χ0n) is 24.6. The van der Waals surface area contributed by atoms with E-state index in [0.29, 0.717) is 12.3 Å². The minimum atomic E-state index is -0.201. The van der Waals surface area contributed by atoms with Crippen LogP contribution in [0.5, 0.6) is 0 Å². The number of amides is 1. The summed E-state index contributed by atoms with van der Waals surface area (Å²) < 4.78 is 4.70. The highest BCUT2D eigenvalue weighted by Crippen LogP contribution is 2.59. The van der Waals surface area contributed by atoms with Crippen LogP contribution in [0.4, 0.5) is 0 Å². The van der Waals surface area contributed by atoms with E-state index in [2.05, 4.69) is 57.5 Å². The van der Waals surface area contributed by atoms with E-state index in [1.54, 1.807) is 11.9 Å². The molecule has 2 aliphatic heterocycles. The molecule has 5 rings (SSSR count). The Hall–Kier alpha value is -2.61. The first kappa shape index (κ1) is 30.9. The van der Waals surface area contributed by atoms with Gasteiger partial charge in [0.2, 0.25) is 5.91 Å². The summed E-state index contributed by atoms with van der Waals surface area (Å²) in [5.74, 6) is 0.452. The van der Waals surface area contributed by atoms with Gasteiger partial charge in [0, 0.05) is 43.7 Å². The van der Waals surface area contributed by atoms with Gasteiger partial charge in [0.1, 0.15) is 0 Å². The van der Waals surface area contributed by atoms with Crippen LogP contribution in [0.25, 0.3) is 11.3 Å². The molecule has 1 saturated heterocycles. The lowest BCUT2D eigenvalue weighted by Gasteiger charge is -2.57. The molecule has 1 N–H and O–H groups in total. The highest BCUT2D eigenvalue weighted by molar-refractivity contribution is 7.96. The number of carbonyl (C=O) groups excluding carboxylic acids is 1. The van der Waals surface area contributed by atoms with Crippen molar-refractivity contribution in [1.29, 1.82) is 0 Å². The van der Waals surface area contributed by atoms with Crippen LogP contribution in [0.1, 0.15) is 65.0 Å². The molecule has 3 aliphatic rings. The van der Waals surface area contributed by atoms with E-state index in [-0.39, 0.29) is 23.5 Å². The van der Waals surface area contributed by atoms with E-state index >= 15 is 0 Å². The third kappa shape index (κ3) is 6.26. The molecule has 0 bridgehead atoms. The van der Waals surface area contributed by atoms with Crippen molar-refractivity contribution in [3.63, 3.8) is 0 Å². The van der Waals surface area contributed by atoms with E-state index in [4.69, 9.17) is 0 Å². The number of aliphatic hydroxyl groups is 1. The minimum Gasteiger partial charge on any atom is -0.392 e. The Kier molecular flexibility index (Phi) is 10.8. The quantitative estimate of drug-likeness (QED) is 0.331. The lowest BCUT2D eigenvalue weighted by molar-refractivity contribution is -0.152. The Bertz CT molecular complexity index is 1180. The monoisotopic (exact) mass is 550 g/mol. The van der Waals surface area contributed by atoms with Gasteiger partial charge >= 0.3 is 0 Å². The zero-order chi connectivity index (χ0) is 28.7.